The monoisotopic (exact) mass is 384 g/mol. The lowest BCUT2D eigenvalue weighted by atomic mass is 10.1. The molecule has 0 heterocycles. The summed E-state index contributed by atoms with van der Waals surface area (Å²) in [6.45, 7) is 1.59. The number of hydrogen-bond donors (Lipinski definition) is 0. The van der Waals surface area contributed by atoms with E-state index in [0.29, 0.717) is 10.0 Å². The van der Waals surface area contributed by atoms with Gasteiger partial charge in [0.1, 0.15) is 10.6 Å². The molecule has 116 valence electrons. The summed E-state index contributed by atoms with van der Waals surface area (Å²) in [5, 5.41) is 0. The topological polar surface area (TPSA) is 69.7 Å². The number of halogens is 1. The quantitative estimate of drug-likeness (QED) is 0.597. The normalized spacial score (nSPS) is 11.0. The molecule has 0 aromatic heterocycles. The highest BCUT2D eigenvalue weighted by atomic mass is 79.9. The third kappa shape index (κ3) is 3.66. The van der Waals surface area contributed by atoms with Crippen LogP contribution in [0.4, 0.5) is 0 Å². The molecule has 0 aliphatic carbocycles. The Labute approximate surface area is 137 Å². The SMILES string of the molecule is COC(=O)c1ccc(S(=O)(=O)Oc2cccc(Br)c2)c(C)c1. The van der Waals surface area contributed by atoms with Crippen LogP contribution in [-0.4, -0.2) is 21.5 Å². The first-order chi connectivity index (χ1) is 10.3. The molecule has 0 spiro atoms. The fourth-order valence-electron chi connectivity index (χ4n) is 1.87. The van der Waals surface area contributed by atoms with E-state index in [9.17, 15) is 13.2 Å². The molecule has 0 saturated carbocycles. The maximum atomic E-state index is 12.3. The van der Waals surface area contributed by atoms with E-state index < -0.39 is 16.1 Å². The molecule has 0 N–H and O–H groups in total. The molecular formula is C15H13BrO5S. The Morgan fingerprint density at radius 2 is 1.86 bits per heavy atom. The van der Waals surface area contributed by atoms with Crippen molar-refractivity contribution in [1.82, 2.24) is 0 Å². The van der Waals surface area contributed by atoms with E-state index >= 15 is 0 Å². The van der Waals surface area contributed by atoms with Gasteiger partial charge in [-0.3, -0.25) is 0 Å². The van der Waals surface area contributed by atoms with E-state index in [-0.39, 0.29) is 16.2 Å². The Balaban J connectivity index is 2.35. The van der Waals surface area contributed by atoms with Crippen molar-refractivity contribution in [2.75, 3.05) is 7.11 Å². The Kier molecular flexibility index (Phi) is 4.87. The second-order valence-electron chi connectivity index (χ2n) is 4.47. The molecule has 0 aliphatic heterocycles. The van der Waals surface area contributed by atoms with Gasteiger partial charge in [0.15, 0.2) is 0 Å². The van der Waals surface area contributed by atoms with E-state index in [1.54, 1.807) is 31.2 Å². The molecule has 5 nitrogen and oxygen atoms in total. The van der Waals surface area contributed by atoms with Crippen LogP contribution in [0.3, 0.4) is 0 Å². The molecule has 2 aromatic rings. The van der Waals surface area contributed by atoms with Crippen molar-refractivity contribution in [3.8, 4) is 5.75 Å². The summed E-state index contributed by atoms with van der Waals surface area (Å²) in [7, 11) is -2.72. The van der Waals surface area contributed by atoms with Crippen molar-refractivity contribution in [3.05, 3.63) is 58.1 Å². The number of ether oxygens (including phenoxy) is 1. The van der Waals surface area contributed by atoms with Crippen LogP contribution in [0.25, 0.3) is 0 Å². The molecule has 0 aliphatic rings. The lowest BCUT2D eigenvalue weighted by molar-refractivity contribution is 0.0600. The summed E-state index contributed by atoms with van der Waals surface area (Å²) in [5.74, 6) is -0.328. The molecule has 0 radical (unpaired) electrons. The van der Waals surface area contributed by atoms with Gasteiger partial charge in [-0.25, -0.2) is 4.79 Å². The summed E-state index contributed by atoms with van der Waals surface area (Å²) in [6.07, 6.45) is 0. The molecule has 0 atom stereocenters. The van der Waals surface area contributed by atoms with Crippen LogP contribution in [0, 0.1) is 6.92 Å². The van der Waals surface area contributed by atoms with Gasteiger partial charge in [-0.2, -0.15) is 8.42 Å². The van der Waals surface area contributed by atoms with E-state index in [2.05, 4.69) is 20.7 Å². The molecule has 2 rings (SSSR count). The highest BCUT2D eigenvalue weighted by molar-refractivity contribution is 9.10. The predicted octanol–water partition coefficient (Wildman–Crippen LogP) is 3.31. The molecule has 0 saturated heterocycles. The van der Waals surface area contributed by atoms with Crippen LogP contribution in [0.15, 0.2) is 51.8 Å². The van der Waals surface area contributed by atoms with E-state index in [0.717, 1.165) is 0 Å². The van der Waals surface area contributed by atoms with Gasteiger partial charge >= 0.3 is 16.1 Å². The van der Waals surface area contributed by atoms with Gasteiger partial charge < -0.3 is 8.92 Å². The van der Waals surface area contributed by atoms with Crippen LogP contribution in [-0.2, 0) is 14.9 Å². The second kappa shape index (κ2) is 6.50. The number of esters is 1. The number of carbonyl (C=O) groups excluding carboxylic acids is 1. The minimum Gasteiger partial charge on any atom is -0.465 e. The van der Waals surface area contributed by atoms with Crippen molar-refractivity contribution in [2.24, 2.45) is 0 Å². The summed E-state index contributed by atoms with van der Waals surface area (Å²) in [5.41, 5.74) is 0.680. The Morgan fingerprint density at radius 1 is 1.14 bits per heavy atom. The zero-order valence-electron chi connectivity index (χ0n) is 11.9. The van der Waals surface area contributed by atoms with Crippen LogP contribution in [0.2, 0.25) is 0 Å². The third-order valence-corrected chi connectivity index (χ3v) is 4.77. The summed E-state index contributed by atoms with van der Waals surface area (Å²) in [4.78, 5) is 11.4. The fourth-order valence-corrected chi connectivity index (χ4v) is 3.38. The van der Waals surface area contributed by atoms with Gasteiger partial charge in [0.05, 0.1) is 12.7 Å². The number of aryl methyl sites for hydroxylation is 1. The van der Waals surface area contributed by atoms with Gasteiger partial charge in [-0.15, -0.1) is 0 Å². The average molecular weight is 385 g/mol. The average Bonchev–Trinajstić information content (AvgIpc) is 2.45. The number of hydrogen-bond acceptors (Lipinski definition) is 5. The number of rotatable bonds is 4. The first-order valence-corrected chi connectivity index (χ1v) is 8.42. The number of carbonyl (C=O) groups is 1. The van der Waals surface area contributed by atoms with Crippen molar-refractivity contribution in [2.45, 2.75) is 11.8 Å². The lowest BCUT2D eigenvalue weighted by Crippen LogP contribution is -2.12. The van der Waals surface area contributed by atoms with Crippen molar-refractivity contribution < 1.29 is 22.1 Å². The predicted molar refractivity (Wildman–Crippen MR) is 84.5 cm³/mol. The maximum absolute atomic E-state index is 12.3. The Bertz CT molecular complexity index is 814. The van der Waals surface area contributed by atoms with Gasteiger partial charge in [-0.1, -0.05) is 22.0 Å². The first kappa shape index (κ1) is 16.5. The zero-order chi connectivity index (χ0) is 16.3. The van der Waals surface area contributed by atoms with Crippen LogP contribution in [0.5, 0.6) is 5.75 Å². The lowest BCUT2D eigenvalue weighted by Gasteiger charge is -2.10. The number of methoxy groups -OCH3 is 1. The smallest absolute Gasteiger partial charge is 0.339 e. The van der Waals surface area contributed by atoms with Gasteiger partial charge in [0, 0.05) is 4.47 Å². The molecule has 22 heavy (non-hydrogen) atoms. The van der Waals surface area contributed by atoms with Crippen molar-refractivity contribution >= 4 is 32.0 Å². The second-order valence-corrected chi connectivity index (χ2v) is 6.90. The number of benzene rings is 2. The van der Waals surface area contributed by atoms with E-state index in [4.69, 9.17) is 4.18 Å². The minimum absolute atomic E-state index is 0.000119. The Hall–Kier alpha value is -1.86. The van der Waals surface area contributed by atoms with Crippen molar-refractivity contribution in [3.63, 3.8) is 0 Å². The molecule has 0 bridgehead atoms. The summed E-state index contributed by atoms with van der Waals surface area (Å²) >= 11 is 3.25. The molecule has 0 amide bonds. The van der Waals surface area contributed by atoms with E-state index in [1.807, 2.05) is 0 Å². The maximum Gasteiger partial charge on any atom is 0.339 e. The molecule has 0 fully saturated rings. The fraction of sp³-hybridized carbons (Fsp3) is 0.133. The standard InChI is InChI=1S/C15H13BrO5S/c1-10-8-11(15(17)20-2)6-7-14(10)22(18,19)21-13-5-3-4-12(16)9-13/h3-9H,1-2H3. The molecular weight excluding hydrogens is 372 g/mol. The van der Waals surface area contributed by atoms with Crippen molar-refractivity contribution in [1.29, 1.82) is 0 Å². The van der Waals surface area contributed by atoms with Gasteiger partial charge in [-0.05, 0) is 48.9 Å². The van der Waals surface area contributed by atoms with E-state index in [1.165, 1.54) is 25.3 Å². The Morgan fingerprint density at radius 3 is 2.45 bits per heavy atom. The van der Waals surface area contributed by atoms with Crippen LogP contribution in [0.1, 0.15) is 15.9 Å². The van der Waals surface area contributed by atoms with Crippen LogP contribution >= 0.6 is 15.9 Å². The summed E-state index contributed by atoms with van der Waals surface area (Å²) in [6, 6.07) is 10.7. The molecule has 0 unspecified atom stereocenters. The third-order valence-electron chi connectivity index (χ3n) is 2.87. The molecule has 2 aromatic carbocycles. The minimum atomic E-state index is -3.98. The zero-order valence-corrected chi connectivity index (χ0v) is 14.3. The largest absolute Gasteiger partial charge is 0.465 e. The summed E-state index contributed by atoms with van der Waals surface area (Å²) < 4.78 is 35.1. The van der Waals surface area contributed by atoms with Crippen LogP contribution < -0.4 is 4.18 Å². The highest BCUT2D eigenvalue weighted by Gasteiger charge is 2.20. The first-order valence-electron chi connectivity index (χ1n) is 6.22. The molecule has 7 heteroatoms. The van der Waals surface area contributed by atoms with Gasteiger partial charge in [0.25, 0.3) is 0 Å². The van der Waals surface area contributed by atoms with Gasteiger partial charge in [0.2, 0.25) is 0 Å². The highest BCUT2D eigenvalue weighted by Crippen LogP contribution is 2.24.